The van der Waals surface area contributed by atoms with Crippen LogP contribution in [0.4, 0.5) is 25.2 Å². The van der Waals surface area contributed by atoms with Crippen molar-refractivity contribution in [1.29, 1.82) is 0 Å². The number of hydrogen-bond donors (Lipinski definition) is 1. The van der Waals surface area contributed by atoms with Gasteiger partial charge < -0.3 is 5.11 Å². The van der Waals surface area contributed by atoms with E-state index in [-0.39, 0.29) is 5.41 Å². The summed E-state index contributed by atoms with van der Waals surface area (Å²) < 4.78 is 59.2. The normalized spacial score (nSPS) is 14.5. The number of thiol groups is 1. The quantitative estimate of drug-likeness (QED) is 0.219. The summed E-state index contributed by atoms with van der Waals surface area (Å²) in [4.78, 5) is 0. The Balaban J connectivity index is 0.000000480. The number of aromatic hydroxyl groups is 1. The molecular formula is C19H25F6OPS. The van der Waals surface area contributed by atoms with Crippen molar-refractivity contribution in [3.8, 4) is 5.75 Å². The van der Waals surface area contributed by atoms with Gasteiger partial charge in [0.05, 0.1) is 0 Å². The molecule has 9 heteroatoms. The van der Waals surface area contributed by atoms with Crippen LogP contribution in [-0.2, 0) is 28.7 Å². The maximum atomic E-state index is 10.3. The van der Waals surface area contributed by atoms with Crippen LogP contribution in [0.2, 0.25) is 0 Å². The van der Waals surface area contributed by atoms with Gasteiger partial charge in [0, 0.05) is 11.1 Å². The Labute approximate surface area is 165 Å². The molecule has 0 radical (unpaired) electrons. The molecule has 1 N–H and O–H groups in total. The molecule has 160 valence electrons. The molecule has 0 heterocycles. The van der Waals surface area contributed by atoms with Crippen LogP contribution < -0.4 is 0 Å². The summed E-state index contributed by atoms with van der Waals surface area (Å²) in [5.41, 5.74) is 4.69. The van der Waals surface area contributed by atoms with Gasteiger partial charge in [-0.05, 0) is 47.4 Å². The van der Waals surface area contributed by atoms with Crippen molar-refractivity contribution in [1.82, 2.24) is 0 Å². The zero-order chi connectivity index (χ0) is 21.9. The summed E-state index contributed by atoms with van der Waals surface area (Å²) in [6.45, 7) is 8.43. The van der Waals surface area contributed by atoms with Gasteiger partial charge in [0.1, 0.15) is 17.3 Å². The van der Waals surface area contributed by atoms with Gasteiger partial charge in [-0.3, -0.25) is 0 Å². The summed E-state index contributed by atoms with van der Waals surface area (Å²) in [5.74, 6) is 2.55. The van der Waals surface area contributed by atoms with Crippen molar-refractivity contribution in [3.63, 3.8) is 0 Å². The number of hydrogen-bond acceptors (Lipinski definition) is 1. The van der Waals surface area contributed by atoms with E-state index in [1.165, 1.54) is 22.9 Å². The zero-order valence-corrected chi connectivity index (χ0v) is 17.9. The predicted octanol–water partition coefficient (Wildman–Crippen LogP) is 7.90. The molecule has 0 saturated heterocycles. The average molecular weight is 446 g/mol. The minimum atomic E-state index is -10.7. The van der Waals surface area contributed by atoms with Gasteiger partial charge in [0.15, 0.2) is 0 Å². The van der Waals surface area contributed by atoms with Crippen LogP contribution in [0.5, 0.6) is 5.75 Å². The third kappa shape index (κ3) is 11.4. The van der Waals surface area contributed by atoms with Gasteiger partial charge in [-0.15, -0.1) is 0 Å². The van der Waals surface area contributed by atoms with E-state index in [1.54, 1.807) is 0 Å². The molecule has 2 aromatic rings. The molecule has 0 atom stereocenters. The molecule has 0 amide bonds. The molecule has 0 saturated carbocycles. The molecule has 0 fully saturated rings. The molecule has 0 aromatic heterocycles. The second-order valence-corrected chi connectivity index (χ2v) is 10.5. The SMILES string of the molecule is Cc1cc(C[SH+]Cc2ccccc2)cc(C(C)(C)C)c1O.F[P-](F)(F)(F)(F)F. The number of phenols is 1. The summed E-state index contributed by atoms with van der Waals surface area (Å²) in [6, 6.07) is 14.9. The molecule has 0 unspecified atom stereocenters. The predicted molar refractivity (Wildman–Crippen MR) is 108 cm³/mol. The molecule has 0 aliphatic rings. The molecule has 0 bridgehead atoms. The Bertz CT molecular complexity index is 788. The van der Waals surface area contributed by atoms with Crippen molar-refractivity contribution in [2.45, 2.75) is 44.6 Å². The van der Waals surface area contributed by atoms with E-state index in [2.05, 4.69) is 63.2 Å². The first-order valence-electron chi connectivity index (χ1n) is 8.39. The second kappa shape index (κ2) is 7.79. The van der Waals surface area contributed by atoms with Crippen LogP contribution in [0.3, 0.4) is 0 Å². The number of phenolic OH excluding ortho intramolecular Hbond substituents is 1. The third-order valence-corrected chi connectivity index (χ3v) is 4.78. The van der Waals surface area contributed by atoms with Gasteiger partial charge in [-0.1, -0.05) is 51.1 Å². The van der Waals surface area contributed by atoms with E-state index < -0.39 is 7.81 Å². The van der Waals surface area contributed by atoms with E-state index in [0.717, 1.165) is 22.6 Å². The van der Waals surface area contributed by atoms with E-state index in [1.807, 2.05) is 6.92 Å². The zero-order valence-electron chi connectivity index (χ0n) is 16.1. The first kappa shape index (κ1) is 24.6. The van der Waals surface area contributed by atoms with Gasteiger partial charge in [-0.25, -0.2) is 0 Å². The molecule has 28 heavy (non-hydrogen) atoms. The first-order valence-corrected chi connectivity index (χ1v) is 11.7. The fourth-order valence-corrected chi connectivity index (χ4v) is 3.44. The monoisotopic (exact) mass is 446 g/mol. The van der Waals surface area contributed by atoms with Crippen LogP contribution in [0.25, 0.3) is 0 Å². The minimum absolute atomic E-state index is 0.0266. The Kier molecular flexibility index (Phi) is 6.85. The summed E-state index contributed by atoms with van der Waals surface area (Å²) >= 11 is 1.40. The topological polar surface area (TPSA) is 20.2 Å². The molecule has 2 rings (SSSR count). The van der Waals surface area contributed by atoms with Crippen LogP contribution >= 0.6 is 7.81 Å². The van der Waals surface area contributed by atoms with Gasteiger partial charge in [-0.2, -0.15) is 0 Å². The van der Waals surface area contributed by atoms with Crippen LogP contribution in [0.1, 0.15) is 43.0 Å². The van der Waals surface area contributed by atoms with Gasteiger partial charge >= 0.3 is 33.0 Å². The van der Waals surface area contributed by atoms with E-state index in [9.17, 15) is 30.3 Å². The third-order valence-electron chi connectivity index (χ3n) is 3.60. The number of halogens is 6. The number of rotatable bonds is 4. The second-order valence-electron chi connectivity index (χ2n) is 7.54. The molecule has 0 spiro atoms. The van der Waals surface area contributed by atoms with Crippen molar-refractivity contribution in [2.24, 2.45) is 0 Å². The standard InChI is InChI=1S/C19H24OS.F6P/c1-14-10-16(11-17(18(14)20)19(2,3)4)13-21-12-15-8-6-5-7-9-15;1-7(2,3,4,5)6/h5-11,20H,12-13H2,1-4H3;/q;-1/p+1. The van der Waals surface area contributed by atoms with Crippen LogP contribution in [0.15, 0.2) is 42.5 Å². The Morgan fingerprint density at radius 3 is 1.79 bits per heavy atom. The van der Waals surface area contributed by atoms with Crippen molar-refractivity contribution < 1.29 is 30.3 Å². The molecular weight excluding hydrogens is 421 g/mol. The van der Waals surface area contributed by atoms with Gasteiger partial charge in [0.25, 0.3) is 0 Å². The van der Waals surface area contributed by atoms with Crippen molar-refractivity contribution in [3.05, 3.63) is 64.7 Å². The van der Waals surface area contributed by atoms with E-state index >= 15 is 0 Å². The van der Waals surface area contributed by atoms with Gasteiger partial charge in [0.2, 0.25) is 0 Å². The Morgan fingerprint density at radius 1 is 0.857 bits per heavy atom. The van der Waals surface area contributed by atoms with Crippen molar-refractivity contribution in [2.75, 3.05) is 0 Å². The summed E-state index contributed by atoms with van der Waals surface area (Å²) in [7, 11) is -10.7. The number of aryl methyl sites for hydroxylation is 1. The fraction of sp³-hybridized carbons (Fsp3) is 0.368. The molecule has 2 aromatic carbocycles. The summed E-state index contributed by atoms with van der Waals surface area (Å²) in [5, 5.41) is 10.3. The van der Waals surface area contributed by atoms with E-state index in [0.29, 0.717) is 5.75 Å². The number of benzene rings is 2. The molecule has 0 aliphatic carbocycles. The molecule has 1 nitrogen and oxygen atoms in total. The van der Waals surface area contributed by atoms with E-state index in [4.69, 9.17) is 0 Å². The fourth-order valence-electron chi connectivity index (χ4n) is 2.41. The Hall–Kier alpha value is -1.40. The Morgan fingerprint density at radius 2 is 1.32 bits per heavy atom. The van der Waals surface area contributed by atoms with Crippen LogP contribution in [-0.4, -0.2) is 5.11 Å². The van der Waals surface area contributed by atoms with Crippen LogP contribution in [0, 0.1) is 6.92 Å². The maximum absolute atomic E-state index is 10.7. The first-order chi connectivity index (χ1) is 12.3. The molecule has 0 aliphatic heterocycles. The summed E-state index contributed by atoms with van der Waals surface area (Å²) in [6.07, 6.45) is 0. The average Bonchev–Trinajstić information content (AvgIpc) is 2.47. The van der Waals surface area contributed by atoms with Crippen molar-refractivity contribution >= 4 is 19.6 Å².